The smallest absolute Gasteiger partial charge is 0.286 e. The predicted molar refractivity (Wildman–Crippen MR) is 66.1 cm³/mol. The number of nitrogens with one attached hydrogen (secondary N) is 1. The Kier molecular flexibility index (Phi) is 3.21. The molecule has 0 saturated carbocycles. The van der Waals surface area contributed by atoms with Gasteiger partial charge in [-0.3, -0.25) is 9.59 Å². The molecule has 82 valence electrons. The number of amidine groups is 1. The molecule has 4 nitrogen and oxygen atoms in total. The second kappa shape index (κ2) is 4.63. The van der Waals surface area contributed by atoms with Gasteiger partial charge in [0, 0.05) is 11.8 Å². The molecule has 1 aliphatic rings. The van der Waals surface area contributed by atoms with Gasteiger partial charge in [0.25, 0.3) is 5.91 Å². The lowest BCUT2D eigenvalue weighted by Gasteiger charge is -1.96. The van der Waals surface area contributed by atoms with E-state index in [2.05, 4.69) is 10.3 Å². The Bertz CT molecular complexity index is 489. The molecule has 0 atom stereocenters. The number of thiophene rings is 1. The summed E-state index contributed by atoms with van der Waals surface area (Å²) in [7, 11) is 0. The van der Waals surface area contributed by atoms with E-state index in [1.807, 2.05) is 17.5 Å². The van der Waals surface area contributed by atoms with Gasteiger partial charge in [0.15, 0.2) is 5.17 Å². The van der Waals surface area contributed by atoms with Gasteiger partial charge in [-0.1, -0.05) is 6.07 Å². The van der Waals surface area contributed by atoms with Gasteiger partial charge in [0.2, 0.25) is 5.91 Å². The number of carbonyl (C=O) groups excluding carboxylic acids is 2. The summed E-state index contributed by atoms with van der Waals surface area (Å²) in [6.45, 7) is 1.38. The van der Waals surface area contributed by atoms with Gasteiger partial charge in [-0.05, 0) is 29.3 Å². The summed E-state index contributed by atoms with van der Waals surface area (Å²) in [6.07, 6.45) is 1.77. The van der Waals surface area contributed by atoms with Gasteiger partial charge in [-0.2, -0.15) is 4.99 Å². The van der Waals surface area contributed by atoms with E-state index in [0.717, 1.165) is 4.88 Å². The van der Waals surface area contributed by atoms with Crippen LogP contribution in [0.1, 0.15) is 11.8 Å². The fourth-order valence-electron chi connectivity index (χ4n) is 1.12. The highest BCUT2D eigenvalue weighted by Gasteiger charge is 2.22. The first kappa shape index (κ1) is 11.1. The zero-order valence-corrected chi connectivity index (χ0v) is 10.0. The summed E-state index contributed by atoms with van der Waals surface area (Å²) in [6, 6.07) is 3.83. The van der Waals surface area contributed by atoms with Crippen LogP contribution >= 0.6 is 23.1 Å². The Morgan fingerprint density at radius 2 is 2.38 bits per heavy atom. The molecule has 0 aliphatic carbocycles. The lowest BCUT2D eigenvalue weighted by atomic mass is 10.4. The molecule has 0 bridgehead atoms. The van der Waals surface area contributed by atoms with Crippen molar-refractivity contribution in [3.63, 3.8) is 0 Å². The van der Waals surface area contributed by atoms with Crippen molar-refractivity contribution in [3.05, 3.63) is 27.3 Å². The van der Waals surface area contributed by atoms with Crippen LogP contribution in [0.4, 0.5) is 0 Å². The molecule has 1 aromatic rings. The third kappa shape index (κ3) is 2.59. The minimum Gasteiger partial charge on any atom is -0.305 e. The highest BCUT2D eigenvalue weighted by molar-refractivity contribution is 8.18. The van der Waals surface area contributed by atoms with Crippen molar-refractivity contribution in [1.82, 2.24) is 5.32 Å². The Balaban J connectivity index is 2.12. The van der Waals surface area contributed by atoms with Crippen LogP contribution in [0.25, 0.3) is 6.08 Å². The minimum atomic E-state index is -0.304. The molecule has 2 amide bonds. The van der Waals surface area contributed by atoms with E-state index in [9.17, 15) is 9.59 Å². The molecule has 0 spiro atoms. The maximum atomic E-state index is 11.5. The van der Waals surface area contributed by atoms with Gasteiger partial charge < -0.3 is 5.32 Å². The molecular formula is C10H8N2O2S2. The van der Waals surface area contributed by atoms with E-state index in [1.54, 1.807) is 17.4 Å². The number of aliphatic imine (C=N–C) groups is 1. The second-order valence-corrected chi connectivity index (χ2v) is 5.04. The summed E-state index contributed by atoms with van der Waals surface area (Å²) in [4.78, 5) is 27.5. The number of rotatable bonds is 1. The van der Waals surface area contributed by atoms with Crippen molar-refractivity contribution in [2.75, 3.05) is 0 Å². The quantitative estimate of drug-likeness (QED) is 0.776. The number of carbonyl (C=O) groups is 2. The number of nitrogens with zero attached hydrogens (tertiary/aromatic N) is 1. The molecule has 0 fully saturated rings. The average Bonchev–Trinajstić information content (AvgIpc) is 2.77. The fourth-order valence-corrected chi connectivity index (χ4v) is 2.70. The number of hydrogen-bond donors (Lipinski definition) is 1. The monoisotopic (exact) mass is 252 g/mol. The van der Waals surface area contributed by atoms with E-state index in [4.69, 9.17) is 0 Å². The van der Waals surface area contributed by atoms with Gasteiger partial charge in [-0.25, -0.2) is 0 Å². The molecule has 2 heterocycles. The molecule has 0 saturated heterocycles. The predicted octanol–water partition coefficient (Wildman–Crippen LogP) is 1.85. The van der Waals surface area contributed by atoms with Crippen LogP contribution in [0.15, 0.2) is 27.4 Å². The van der Waals surface area contributed by atoms with Crippen LogP contribution in [0, 0.1) is 0 Å². The Hall–Kier alpha value is -1.40. The Labute approximate surface area is 100 Å². The first-order valence-electron chi connectivity index (χ1n) is 4.49. The molecule has 2 rings (SSSR count). The maximum Gasteiger partial charge on any atom is 0.286 e. The molecule has 0 radical (unpaired) electrons. The van der Waals surface area contributed by atoms with E-state index in [1.165, 1.54) is 18.7 Å². The molecule has 0 unspecified atom stereocenters. The van der Waals surface area contributed by atoms with E-state index in [-0.39, 0.29) is 11.8 Å². The van der Waals surface area contributed by atoms with Gasteiger partial charge in [-0.15, -0.1) is 11.3 Å². The average molecular weight is 252 g/mol. The number of thioether (sulfide) groups is 1. The topological polar surface area (TPSA) is 58.5 Å². The lowest BCUT2D eigenvalue weighted by molar-refractivity contribution is -0.117. The van der Waals surface area contributed by atoms with Gasteiger partial charge in [0.05, 0.1) is 4.91 Å². The summed E-state index contributed by atoms with van der Waals surface area (Å²) < 4.78 is 0. The second-order valence-electron chi connectivity index (χ2n) is 3.03. The molecule has 1 N–H and O–H groups in total. The van der Waals surface area contributed by atoms with Crippen molar-refractivity contribution in [2.24, 2.45) is 4.99 Å². The van der Waals surface area contributed by atoms with Crippen LogP contribution in [0.3, 0.4) is 0 Å². The maximum absolute atomic E-state index is 11.5. The Morgan fingerprint density at radius 3 is 3.00 bits per heavy atom. The van der Waals surface area contributed by atoms with E-state index < -0.39 is 0 Å². The Morgan fingerprint density at radius 1 is 1.56 bits per heavy atom. The van der Waals surface area contributed by atoms with Crippen LogP contribution < -0.4 is 5.32 Å². The number of hydrogen-bond acceptors (Lipinski definition) is 4. The molecule has 1 aromatic heterocycles. The first-order chi connectivity index (χ1) is 7.65. The normalized spacial score (nSPS) is 17.7. The SMILES string of the molecule is CC(=O)NC1=NC(=O)/C(=C/c2cccs2)S1. The summed E-state index contributed by atoms with van der Waals surface area (Å²) >= 11 is 2.73. The van der Waals surface area contributed by atoms with Crippen LogP contribution in [-0.4, -0.2) is 17.0 Å². The third-order valence-electron chi connectivity index (χ3n) is 1.72. The van der Waals surface area contributed by atoms with E-state index >= 15 is 0 Å². The third-order valence-corrected chi connectivity index (χ3v) is 3.44. The molecular weight excluding hydrogens is 244 g/mol. The van der Waals surface area contributed by atoms with Crippen molar-refractivity contribution in [1.29, 1.82) is 0 Å². The van der Waals surface area contributed by atoms with Crippen molar-refractivity contribution in [2.45, 2.75) is 6.92 Å². The van der Waals surface area contributed by atoms with Crippen molar-refractivity contribution < 1.29 is 9.59 Å². The van der Waals surface area contributed by atoms with Crippen molar-refractivity contribution >= 4 is 46.2 Å². The van der Waals surface area contributed by atoms with Crippen molar-refractivity contribution in [3.8, 4) is 0 Å². The van der Waals surface area contributed by atoms with Crippen LogP contribution in [0.2, 0.25) is 0 Å². The summed E-state index contributed by atoms with van der Waals surface area (Å²) in [5.41, 5.74) is 0. The first-order valence-corrected chi connectivity index (χ1v) is 6.18. The fraction of sp³-hybridized carbons (Fsp3) is 0.100. The zero-order chi connectivity index (χ0) is 11.5. The summed E-state index contributed by atoms with van der Waals surface area (Å²) in [5.74, 6) is -0.529. The van der Waals surface area contributed by atoms with Gasteiger partial charge in [0.1, 0.15) is 0 Å². The minimum absolute atomic E-state index is 0.226. The molecule has 6 heteroatoms. The molecule has 16 heavy (non-hydrogen) atoms. The standard InChI is InChI=1S/C10H8N2O2S2/c1-6(13)11-10-12-9(14)8(16-10)5-7-3-2-4-15-7/h2-5H,1H3,(H,11,12,13,14)/b8-5-. The highest BCUT2D eigenvalue weighted by atomic mass is 32.2. The van der Waals surface area contributed by atoms with Crippen LogP contribution in [-0.2, 0) is 9.59 Å². The number of amides is 2. The van der Waals surface area contributed by atoms with E-state index in [0.29, 0.717) is 10.1 Å². The largest absolute Gasteiger partial charge is 0.305 e. The lowest BCUT2D eigenvalue weighted by Crippen LogP contribution is -2.23. The molecule has 1 aliphatic heterocycles. The molecule has 0 aromatic carbocycles. The highest BCUT2D eigenvalue weighted by Crippen LogP contribution is 2.28. The summed E-state index contributed by atoms with van der Waals surface area (Å²) in [5, 5.41) is 4.78. The van der Waals surface area contributed by atoms with Gasteiger partial charge >= 0.3 is 0 Å². The zero-order valence-electron chi connectivity index (χ0n) is 8.39. The van der Waals surface area contributed by atoms with Crippen LogP contribution in [0.5, 0.6) is 0 Å².